The molecule has 0 aromatic heterocycles. The summed E-state index contributed by atoms with van der Waals surface area (Å²) in [5.41, 5.74) is 0.888. The predicted molar refractivity (Wildman–Crippen MR) is 88.1 cm³/mol. The number of carbonyl (C=O) groups excluding carboxylic acids is 1. The van der Waals surface area contributed by atoms with Crippen molar-refractivity contribution in [3.8, 4) is 0 Å². The molecule has 1 heterocycles. The largest absolute Gasteiger partial charge is 0.381 e. The van der Waals surface area contributed by atoms with E-state index in [0.717, 1.165) is 18.6 Å². The van der Waals surface area contributed by atoms with Crippen LogP contribution in [0.15, 0.2) is 29.2 Å². The lowest BCUT2D eigenvalue weighted by Crippen LogP contribution is -2.40. The number of hydrogen-bond acceptors (Lipinski definition) is 4. The Balaban J connectivity index is 1.95. The molecule has 1 saturated heterocycles. The van der Waals surface area contributed by atoms with Gasteiger partial charge >= 0.3 is 6.03 Å². The lowest BCUT2D eigenvalue weighted by atomic mass is 10.1. The van der Waals surface area contributed by atoms with Crippen LogP contribution in [0.5, 0.6) is 0 Å². The normalized spacial score (nSPS) is 19.3. The van der Waals surface area contributed by atoms with Crippen LogP contribution in [0.25, 0.3) is 0 Å². The van der Waals surface area contributed by atoms with Crippen molar-refractivity contribution in [2.24, 2.45) is 5.92 Å². The molecule has 0 radical (unpaired) electrons. The molecule has 128 valence electrons. The highest BCUT2D eigenvalue weighted by Gasteiger charge is 2.21. The first-order valence-electron chi connectivity index (χ1n) is 7.67. The molecule has 23 heavy (non-hydrogen) atoms. The lowest BCUT2D eigenvalue weighted by molar-refractivity contribution is 0.179. The van der Waals surface area contributed by atoms with Crippen LogP contribution in [0.2, 0.25) is 0 Å². The van der Waals surface area contributed by atoms with Crippen LogP contribution >= 0.6 is 0 Å². The van der Waals surface area contributed by atoms with Gasteiger partial charge in [0.15, 0.2) is 9.84 Å². The number of nitrogens with zero attached hydrogens (tertiary/aromatic N) is 1. The maximum absolute atomic E-state index is 12.2. The van der Waals surface area contributed by atoms with Crippen LogP contribution in [0.3, 0.4) is 0 Å². The molecule has 0 saturated carbocycles. The molecule has 2 rings (SSSR count). The van der Waals surface area contributed by atoms with E-state index in [2.05, 4.69) is 5.32 Å². The predicted octanol–water partition coefficient (Wildman–Crippen LogP) is 1.83. The van der Waals surface area contributed by atoms with Crippen LogP contribution in [0.4, 0.5) is 4.79 Å². The molecule has 1 fully saturated rings. The van der Waals surface area contributed by atoms with Gasteiger partial charge in [0.05, 0.1) is 17.5 Å². The zero-order chi connectivity index (χ0) is 17.0. The van der Waals surface area contributed by atoms with Crippen molar-refractivity contribution in [2.75, 3.05) is 33.1 Å². The minimum Gasteiger partial charge on any atom is -0.381 e. The van der Waals surface area contributed by atoms with E-state index in [9.17, 15) is 13.2 Å². The number of urea groups is 1. The maximum atomic E-state index is 12.2. The Morgan fingerprint density at radius 3 is 2.57 bits per heavy atom. The van der Waals surface area contributed by atoms with Gasteiger partial charge < -0.3 is 15.0 Å². The van der Waals surface area contributed by atoms with Gasteiger partial charge in [-0.3, -0.25) is 0 Å². The van der Waals surface area contributed by atoms with Gasteiger partial charge in [-0.15, -0.1) is 0 Å². The van der Waals surface area contributed by atoms with Crippen LogP contribution in [0.1, 0.15) is 24.9 Å². The Morgan fingerprint density at radius 1 is 1.39 bits per heavy atom. The van der Waals surface area contributed by atoms with Crippen molar-refractivity contribution in [1.29, 1.82) is 0 Å². The molecular formula is C16H24N2O4S. The van der Waals surface area contributed by atoms with Crippen molar-refractivity contribution in [1.82, 2.24) is 10.2 Å². The summed E-state index contributed by atoms with van der Waals surface area (Å²) < 4.78 is 28.3. The summed E-state index contributed by atoms with van der Waals surface area (Å²) in [4.78, 5) is 14.1. The number of ether oxygens (including phenoxy) is 1. The highest BCUT2D eigenvalue weighted by atomic mass is 32.2. The molecule has 6 nitrogen and oxygen atoms in total. The van der Waals surface area contributed by atoms with Crippen molar-refractivity contribution >= 4 is 15.9 Å². The minimum atomic E-state index is -3.20. The SMILES string of the molecule is C[C@H](c1ccc(S(C)(=O)=O)cc1)N(C)C(=O)NC[C@H]1CCOC1. The zero-order valence-corrected chi connectivity index (χ0v) is 14.6. The van der Waals surface area contributed by atoms with Gasteiger partial charge in [0.25, 0.3) is 0 Å². The van der Waals surface area contributed by atoms with Crippen molar-refractivity contribution in [2.45, 2.75) is 24.3 Å². The van der Waals surface area contributed by atoms with E-state index in [1.54, 1.807) is 36.2 Å². The van der Waals surface area contributed by atoms with Crippen molar-refractivity contribution in [3.05, 3.63) is 29.8 Å². The maximum Gasteiger partial charge on any atom is 0.317 e. The molecule has 2 amide bonds. The molecule has 1 N–H and O–H groups in total. The molecule has 2 atom stereocenters. The summed E-state index contributed by atoms with van der Waals surface area (Å²) in [5, 5.41) is 2.92. The third-order valence-electron chi connectivity index (χ3n) is 4.26. The van der Waals surface area contributed by atoms with E-state index in [0.29, 0.717) is 19.1 Å². The number of amides is 2. The molecule has 0 unspecified atom stereocenters. The number of hydrogen-bond donors (Lipinski definition) is 1. The summed E-state index contributed by atoms with van der Waals surface area (Å²) in [6, 6.07) is 6.34. The second-order valence-electron chi connectivity index (χ2n) is 6.04. The van der Waals surface area contributed by atoms with Gasteiger partial charge in [0.2, 0.25) is 0 Å². The monoisotopic (exact) mass is 340 g/mol. The van der Waals surface area contributed by atoms with Gasteiger partial charge in [0, 0.05) is 32.4 Å². The summed E-state index contributed by atoms with van der Waals surface area (Å²) in [5.74, 6) is 0.386. The third-order valence-corrected chi connectivity index (χ3v) is 5.39. The molecule has 0 aliphatic carbocycles. The van der Waals surface area contributed by atoms with Crippen LogP contribution < -0.4 is 5.32 Å². The second kappa shape index (κ2) is 7.31. The Bertz CT molecular complexity index is 637. The van der Waals surface area contributed by atoms with E-state index < -0.39 is 9.84 Å². The van der Waals surface area contributed by atoms with Gasteiger partial charge in [-0.2, -0.15) is 0 Å². The smallest absolute Gasteiger partial charge is 0.317 e. The Labute approximate surface area is 137 Å². The van der Waals surface area contributed by atoms with Crippen molar-refractivity contribution < 1.29 is 17.9 Å². The van der Waals surface area contributed by atoms with Crippen LogP contribution in [0, 0.1) is 5.92 Å². The number of nitrogens with one attached hydrogen (secondary N) is 1. The second-order valence-corrected chi connectivity index (χ2v) is 8.06. The summed E-state index contributed by atoms with van der Waals surface area (Å²) in [7, 11) is -1.47. The first-order valence-corrected chi connectivity index (χ1v) is 9.56. The first kappa shape index (κ1) is 17.7. The molecule has 0 bridgehead atoms. The minimum absolute atomic E-state index is 0.142. The van der Waals surface area contributed by atoms with Crippen LogP contribution in [-0.2, 0) is 14.6 Å². The first-order chi connectivity index (χ1) is 10.8. The average molecular weight is 340 g/mol. The third kappa shape index (κ3) is 4.68. The number of benzene rings is 1. The van der Waals surface area contributed by atoms with Gasteiger partial charge in [-0.1, -0.05) is 12.1 Å². The summed E-state index contributed by atoms with van der Waals surface area (Å²) in [6.07, 6.45) is 2.16. The average Bonchev–Trinajstić information content (AvgIpc) is 3.04. The fourth-order valence-electron chi connectivity index (χ4n) is 2.49. The van der Waals surface area contributed by atoms with E-state index in [-0.39, 0.29) is 17.0 Å². The van der Waals surface area contributed by atoms with Gasteiger partial charge in [-0.25, -0.2) is 13.2 Å². The summed E-state index contributed by atoms with van der Waals surface area (Å²) in [6.45, 7) is 3.99. The quantitative estimate of drug-likeness (QED) is 0.887. The topological polar surface area (TPSA) is 75.7 Å². The Hall–Kier alpha value is -1.60. The summed E-state index contributed by atoms with van der Waals surface area (Å²) >= 11 is 0. The molecule has 7 heteroatoms. The molecular weight excluding hydrogens is 316 g/mol. The van der Waals surface area contributed by atoms with E-state index >= 15 is 0 Å². The van der Waals surface area contributed by atoms with Crippen LogP contribution in [-0.4, -0.2) is 52.4 Å². The Morgan fingerprint density at radius 2 is 2.04 bits per heavy atom. The molecule has 1 aromatic rings. The lowest BCUT2D eigenvalue weighted by Gasteiger charge is -2.26. The molecule has 1 aliphatic rings. The van der Waals surface area contributed by atoms with Gasteiger partial charge in [0.1, 0.15) is 0 Å². The van der Waals surface area contributed by atoms with E-state index in [1.165, 1.54) is 6.26 Å². The van der Waals surface area contributed by atoms with E-state index in [1.807, 2.05) is 6.92 Å². The molecule has 1 aromatic carbocycles. The zero-order valence-electron chi connectivity index (χ0n) is 13.8. The highest BCUT2D eigenvalue weighted by molar-refractivity contribution is 7.90. The fraction of sp³-hybridized carbons (Fsp3) is 0.562. The standard InChI is InChI=1S/C16H24N2O4S/c1-12(14-4-6-15(7-5-14)23(3,20)21)18(2)16(19)17-10-13-8-9-22-11-13/h4-7,12-13H,8-11H2,1-3H3,(H,17,19)/t12-,13-/m1/s1. The van der Waals surface area contributed by atoms with Gasteiger partial charge in [-0.05, 0) is 31.0 Å². The highest BCUT2D eigenvalue weighted by Crippen LogP contribution is 2.21. The molecule has 0 spiro atoms. The number of carbonyl (C=O) groups is 1. The van der Waals surface area contributed by atoms with E-state index in [4.69, 9.17) is 4.74 Å². The Kier molecular flexibility index (Phi) is 5.64. The fourth-order valence-corrected chi connectivity index (χ4v) is 3.12. The van der Waals surface area contributed by atoms with Crippen molar-refractivity contribution in [3.63, 3.8) is 0 Å². The molecule has 1 aliphatic heterocycles. The number of sulfone groups is 1. The number of rotatable bonds is 5.